The second-order valence-corrected chi connectivity index (χ2v) is 47.5. The van der Waals surface area contributed by atoms with Crippen molar-refractivity contribution in [3.63, 3.8) is 0 Å². The predicted molar refractivity (Wildman–Crippen MR) is 568 cm³/mol. The third kappa shape index (κ3) is 22.9. The molecule has 0 spiro atoms. The number of benzene rings is 13. The van der Waals surface area contributed by atoms with Crippen molar-refractivity contribution < 1.29 is 35.1 Å². The summed E-state index contributed by atoms with van der Waals surface area (Å²) in [6.07, 6.45) is -12.7. The third-order valence-corrected chi connectivity index (χ3v) is 28.1. The second-order valence-electron chi connectivity index (χ2n) is 47.5. The first-order valence-corrected chi connectivity index (χ1v) is 48.8. The summed E-state index contributed by atoms with van der Waals surface area (Å²) < 4.78 is 110. The number of pyridine rings is 1. The Morgan fingerprint density at radius 3 is 1.03 bits per heavy atom. The molecule has 0 bridgehead atoms. The zero-order valence-electron chi connectivity index (χ0n) is 88.6. The molecule has 1 aliphatic rings. The number of halogens is 8. The molecule has 0 atom stereocenters. The summed E-state index contributed by atoms with van der Waals surface area (Å²) in [5.41, 5.74) is 27.2. The Hall–Kier alpha value is -9.99. The van der Waals surface area contributed by atoms with Crippen LogP contribution in [0.2, 0.25) is 0 Å². The van der Waals surface area contributed by atoms with Crippen LogP contribution in [0.25, 0.3) is 87.0 Å². The molecule has 1 aromatic heterocycles. The minimum absolute atomic E-state index is 0.0267. The second kappa shape index (κ2) is 39.8. The molecular formula is C126H155F8N. The molecule has 0 aliphatic heterocycles. The zero-order valence-corrected chi connectivity index (χ0v) is 88.6. The molecule has 0 N–H and O–H groups in total. The van der Waals surface area contributed by atoms with Crippen LogP contribution in [0.4, 0.5) is 35.1 Å². The van der Waals surface area contributed by atoms with E-state index in [0.29, 0.717) is 11.8 Å². The Labute approximate surface area is 806 Å². The van der Waals surface area contributed by atoms with Gasteiger partial charge in [-0.05, 0) is 350 Å². The number of hydrogen-bond acceptors (Lipinski definition) is 1. The molecule has 0 unspecified atom stereocenters. The highest BCUT2D eigenvalue weighted by Gasteiger charge is 2.70. The maximum atomic E-state index is 15.3. The summed E-state index contributed by atoms with van der Waals surface area (Å²) in [6, 6.07) is 70.3. The van der Waals surface area contributed by atoms with Crippen molar-refractivity contribution in [2.24, 2.45) is 5.41 Å². The van der Waals surface area contributed by atoms with Gasteiger partial charge in [-0.3, -0.25) is 4.98 Å². The van der Waals surface area contributed by atoms with E-state index in [0.717, 1.165) is 77.1 Å². The summed E-state index contributed by atoms with van der Waals surface area (Å²) in [7, 11) is 0. The Morgan fingerprint density at radius 1 is 0.296 bits per heavy atom. The monoisotopic (exact) mass is 1830 g/mol. The summed E-state index contributed by atoms with van der Waals surface area (Å²) in [5, 5.41) is 13.1. The number of alkyl halides is 6. The van der Waals surface area contributed by atoms with Gasteiger partial charge in [-0.15, -0.1) is 0 Å². The SMILES string of the molecule is Cc1c(C(C)(C)C)c(F)c(C(C)(C)C)c2ccccc12.Cc1c(C(C)(C)C)c(F)cc2ccccc12.Cc1c(C(C)(C)C)cc(-c2c(C(C)C)cccc2C(C)C)c2ccccc12.Cc1c(C(C)(C)C)cc(C2CCC(C(F)(F)F)(C(F)(F)F)CC2)c2ccccc12.Cc1ccc2c(C)c(C(C)(C)C)cc(C(C)(C)C)c2n1.Cc1cccc(C)c1-c1cc(C(C)(C)C)c(C)c2ccccc12. The first-order valence-electron chi connectivity index (χ1n) is 48.8. The smallest absolute Gasteiger partial charge is 0.253 e. The van der Waals surface area contributed by atoms with Crippen molar-refractivity contribution in [2.45, 2.75) is 355 Å². The van der Waals surface area contributed by atoms with Gasteiger partial charge in [0.05, 0.1) is 5.52 Å². The average Bonchev–Trinajstić information content (AvgIpc) is 0.727. The van der Waals surface area contributed by atoms with Crippen LogP contribution in [0.1, 0.15) is 349 Å². The predicted octanol–water partition coefficient (Wildman–Crippen LogP) is 39.2. The van der Waals surface area contributed by atoms with E-state index in [-0.39, 0.29) is 73.7 Å². The van der Waals surface area contributed by atoms with Gasteiger partial charge in [0.1, 0.15) is 11.6 Å². The van der Waals surface area contributed by atoms with Gasteiger partial charge in [-0.2, -0.15) is 26.3 Å². The van der Waals surface area contributed by atoms with Crippen molar-refractivity contribution >= 4 is 64.8 Å². The fourth-order valence-electron chi connectivity index (χ4n) is 21.4. The molecule has 0 radical (unpaired) electrons. The molecule has 1 heterocycles. The van der Waals surface area contributed by atoms with Crippen LogP contribution in [0.15, 0.2) is 200 Å². The molecule has 1 nitrogen and oxygen atoms in total. The molecule has 15 rings (SSSR count). The Balaban J connectivity index is 0.000000169. The first kappa shape index (κ1) is 107. The number of nitrogens with zero attached hydrogens (tertiary/aromatic N) is 1. The van der Waals surface area contributed by atoms with E-state index in [1.54, 1.807) is 6.07 Å². The van der Waals surface area contributed by atoms with Crippen molar-refractivity contribution in [1.82, 2.24) is 4.98 Å². The highest BCUT2D eigenvalue weighted by atomic mass is 19.4. The van der Waals surface area contributed by atoms with E-state index in [2.05, 4.69) is 342 Å². The molecule has 14 aromatic rings. The number of aromatic nitrogens is 1. The van der Waals surface area contributed by atoms with Gasteiger partial charge in [0.15, 0.2) is 5.41 Å². The molecule has 720 valence electrons. The maximum Gasteiger partial charge on any atom is 0.403 e. The van der Waals surface area contributed by atoms with Crippen LogP contribution >= 0.6 is 0 Å². The van der Waals surface area contributed by atoms with Gasteiger partial charge < -0.3 is 0 Å². The highest BCUT2D eigenvalue weighted by Crippen LogP contribution is 2.61. The Kier molecular flexibility index (Phi) is 31.6. The largest absolute Gasteiger partial charge is 0.403 e. The minimum atomic E-state index is -5.29. The normalized spacial score (nSPS) is 13.9. The summed E-state index contributed by atoms with van der Waals surface area (Å²) in [6.45, 7) is 81.0. The highest BCUT2D eigenvalue weighted by molar-refractivity contribution is 6.03. The van der Waals surface area contributed by atoms with Crippen molar-refractivity contribution in [1.29, 1.82) is 0 Å². The van der Waals surface area contributed by atoms with Crippen molar-refractivity contribution in [2.75, 3.05) is 0 Å². The van der Waals surface area contributed by atoms with Gasteiger partial charge in [-0.1, -0.05) is 370 Å². The molecule has 0 saturated heterocycles. The van der Waals surface area contributed by atoms with E-state index in [1.807, 2.05) is 108 Å². The van der Waals surface area contributed by atoms with Gasteiger partial charge >= 0.3 is 12.4 Å². The average molecular weight is 1840 g/mol. The fourth-order valence-corrected chi connectivity index (χ4v) is 21.4. The number of rotatable bonds is 5. The van der Waals surface area contributed by atoms with E-state index >= 15 is 4.39 Å². The maximum absolute atomic E-state index is 15.3. The topological polar surface area (TPSA) is 12.9 Å². The molecule has 1 fully saturated rings. The third-order valence-electron chi connectivity index (χ3n) is 28.1. The van der Waals surface area contributed by atoms with Crippen LogP contribution < -0.4 is 0 Å². The van der Waals surface area contributed by atoms with Crippen molar-refractivity contribution in [3.05, 3.63) is 323 Å². The fraction of sp³-hybridized carbons (Fsp3) is 0.437. The number of fused-ring (bicyclic) bond motifs is 6. The van der Waals surface area contributed by atoms with E-state index in [9.17, 15) is 30.7 Å². The molecule has 135 heavy (non-hydrogen) atoms. The van der Waals surface area contributed by atoms with Crippen LogP contribution in [-0.2, 0) is 43.3 Å². The van der Waals surface area contributed by atoms with Gasteiger partial charge in [0.2, 0.25) is 0 Å². The van der Waals surface area contributed by atoms with Gasteiger partial charge in [0.25, 0.3) is 0 Å². The van der Waals surface area contributed by atoms with Crippen molar-refractivity contribution in [3.8, 4) is 22.3 Å². The molecule has 9 heteroatoms. The summed E-state index contributed by atoms with van der Waals surface area (Å²) in [4.78, 5) is 4.83. The van der Waals surface area contributed by atoms with Crippen LogP contribution in [0, 0.1) is 79.4 Å². The lowest BCUT2D eigenvalue weighted by atomic mass is 9.66. The zero-order chi connectivity index (χ0) is 101. The number of hydrogen-bond donors (Lipinski definition) is 0. The molecular weight excluding hydrogens is 1680 g/mol. The van der Waals surface area contributed by atoms with E-state index in [1.165, 1.54) is 121 Å². The Morgan fingerprint density at radius 2 is 0.630 bits per heavy atom. The van der Waals surface area contributed by atoms with Gasteiger partial charge in [-0.25, -0.2) is 8.78 Å². The standard InChI is InChI=1S/C27H34.C23H26F6.C23H26.C19H25F.C19H27N.C15H17F/c1-17(2)20-14-11-15-21(18(3)4)26(20)24-16-25(27(6,7)8)19(5)22-12-9-10-13-23(22)24;1-14-16-7-5-6-8-17(16)18(13-19(14)20(2,3)4)15-9-11-21(12-10-15,22(24,25)26)23(27,28)29;1-15-10-9-11-16(2)22(15)20-14-21(23(4,5)6)17(3)18-12-7-8-13-19(18)20;1-12-13-10-8-9-11-14(13)16(19(5,6)7)17(20)15(12)18(2,3)4;1-12-9-10-14-13(2)15(18(3,4)5)11-16(17(14)20-12)19(6,7)8;1-10-12-8-6-5-7-11(12)9-13(16)14(10)15(2,3)4/h9-18H,1-8H3;5-8,13,15H,9-12H2,1-4H3;7-14H,1-6H3;8-11H,1-7H3;9-11H,1-8H3;5-9H,1-4H3. The molecule has 1 saturated carbocycles. The molecule has 13 aromatic carbocycles. The molecule has 1 aliphatic carbocycles. The molecule has 0 amide bonds. The van der Waals surface area contributed by atoms with E-state index < -0.39 is 30.6 Å². The van der Waals surface area contributed by atoms with Crippen LogP contribution in [0.5, 0.6) is 0 Å². The lowest BCUT2D eigenvalue weighted by molar-refractivity contribution is -0.350. The quantitative estimate of drug-likeness (QED) is 0.157. The first-order chi connectivity index (χ1) is 62.1. The summed E-state index contributed by atoms with van der Waals surface area (Å²) in [5.74, 6) is 0.554. The minimum Gasteiger partial charge on any atom is -0.253 e. The van der Waals surface area contributed by atoms with Crippen LogP contribution in [-0.4, -0.2) is 17.3 Å². The lowest BCUT2D eigenvalue weighted by Crippen LogP contribution is -2.51. The van der Waals surface area contributed by atoms with Crippen LogP contribution in [0.3, 0.4) is 0 Å². The summed E-state index contributed by atoms with van der Waals surface area (Å²) >= 11 is 0. The lowest BCUT2D eigenvalue weighted by Gasteiger charge is -2.42. The Bertz CT molecular complexity index is 6580. The van der Waals surface area contributed by atoms with E-state index in [4.69, 9.17) is 4.98 Å². The number of aryl methyl sites for hydroxylation is 9. The van der Waals surface area contributed by atoms with Gasteiger partial charge in [0, 0.05) is 16.6 Å².